The zero-order chi connectivity index (χ0) is 26.8. The summed E-state index contributed by atoms with van der Waals surface area (Å²) in [6, 6.07) is 24.4. The molecule has 0 radical (unpaired) electrons. The topological polar surface area (TPSA) is 107 Å². The number of rotatable bonds is 7. The number of fused-ring (bicyclic) bond motifs is 1. The number of aryl methyl sites for hydroxylation is 1. The van der Waals surface area contributed by atoms with Gasteiger partial charge in [-0.25, -0.2) is 4.79 Å². The van der Waals surface area contributed by atoms with E-state index in [0.29, 0.717) is 27.1 Å². The van der Waals surface area contributed by atoms with E-state index in [0.717, 1.165) is 18.5 Å². The predicted molar refractivity (Wildman–Crippen MR) is 149 cm³/mol. The fourth-order valence-corrected chi connectivity index (χ4v) is 4.63. The third-order valence-electron chi connectivity index (χ3n) is 6.30. The Morgan fingerprint density at radius 3 is 2.42 bits per heavy atom. The fourth-order valence-electron chi connectivity index (χ4n) is 4.46. The van der Waals surface area contributed by atoms with Crippen LogP contribution in [-0.2, 0) is 6.42 Å². The zero-order valence-corrected chi connectivity index (χ0v) is 21.2. The van der Waals surface area contributed by atoms with Crippen molar-refractivity contribution in [1.29, 1.82) is 0 Å². The van der Waals surface area contributed by atoms with Crippen molar-refractivity contribution >= 4 is 39.8 Å². The summed E-state index contributed by atoms with van der Waals surface area (Å²) >= 11 is 6.27. The Balaban J connectivity index is 1.59. The number of aromatic nitrogens is 1. The molecule has 0 unspecified atom stereocenters. The van der Waals surface area contributed by atoms with Crippen LogP contribution in [-0.4, -0.2) is 25.9 Å². The second kappa shape index (κ2) is 10.4. The number of hydrogen-bond donors (Lipinski definition) is 3. The fraction of sp³-hybridized carbons (Fsp3) is 0.100. The Kier molecular flexibility index (Phi) is 6.85. The molecule has 1 aromatic heterocycles. The third-order valence-corrected chi connectivity index (χ3v) is 6.54. The highest BCUT2D eigenvalue weighted by Gasteiger charge is 2.19. The van der Waals surface area contributed by atoms with Gasteiger partial charge in [0, 0.05) is 21.7 Å². The molecule has 5 rings (SSSR count). The summed E-state index contributed by atoms with van der Waals surface area (Å²) in [5, 5.41) is 41.1. The maximum atomic E-state index is 11.4. The Hall–Kier alpha value is -4.62. The molecule has 0 atom stereocenters. The molecule has 190 valence electrons. The number of aromatic carboxylic acids is 1. The molecule has 1 heterocycles. The second-order valence-electron chi connectivity index (χ2n) is 8.84. The maximum absolute atomic E-state index is 11.4. The molecule has 8 heteroatoms. The molecule has 0 fully saturated rings. The summed E-state index contributed by atoms with van der Waals surface area (Å²) in [4.78, 5) is 11.4. The average Bonchev–Trinajstić information content (AvgIpc) is 3.19. The minimum atomic E-state index is -1.06. The average molecular weight is 526 g/mol. The molecule has 4 aromatic carbocycles. The predicted octanol–water partition coefficient (Wildman–Crippen LogP) is 8.43. The smallest absolute Gasteiger partial charge is 0.335 e. The Labute approximate surface area is 223 Å². The number of phenolic OH excluding ortho intramolecular Hbond substituents is 1. The van der Waals surface area contributed by atoms with Crippen molar-refractivity contribution in [2.45, 2.75) is 19.8 Å². The zero-order valence-electron chi connectivity index (χ0n) is 20.5. The monoisotopic (exact) mass is 525 g/mol. The van der Waals surface area contributed by atoms with E-state index in [2.05, 4.69) is 17.2 Å². The van der Waals surface area contributed by atoms with Gasteiger partial charge in [0.05, 0.1) is 11.1 Å². The Morgan fingerprint density at radius 1 is 0.921 bits per heavy atom. The maximum Gasteiger partial charge on any atom is 0.335 e. The lowest BCUT2D eigenvalue weighted by Gasteiger charge is -2.08. The van der Waals surface area contributed by atoms with Crippen molar-refractivity contribution in [2.75, 3.05) is 0 Å². The first-order valence-corrected chi connectivity index (χ1v) is 12.4. The van der Waals surface area contributed by atoms with E-state index < -0.39 is 5.97 Å². The van der Waals surface area contributed by atoms with Gasteiger partial charge >= 0.3 is 5.97 Å². The number of aromatic hydroxyl groups is 2. The molecule has 0 aliphatic heterocycles. The van der Waals surface area contributed by atoms with Crippen molar-refractivity contribution < 1.29 is 20.1 Å². The van der Waals surface area contributed by atoms with Gasteiger partial charge in [0.25, 0.3) is 0 Å². The SMILES string of the molecule is CCCc1ccc(-n2c(O)c(N=Nc3cccc(-c4cccc(C(=O)O)c4)c3O)c3cc(Cl)ccc32)cc1. The normalized spacial score (nSPS) is 11.4. The van der Waals surface area contributed by atoms with Crippen LogP contribution < -0.4 is 0 Å². The van der Waals surface area contributed by atoms with Gasteiger partial charge in [-0.3, -0.25) is 4.57 Å². The number of nitrogens with zero attached hydrogens (tertiary/aromatic N) is 3. The molecule has 0 saturated heterocycles. The van der Waals surface area contributed by atoms with Crippen LogP contribution in [0.4, 0.5) is 11.4 Å². The van der Waals surface area contributed by atoms with E-state index in [-0.39, 0.29) is 28.6 Å². The summed E-state index contributed by atoms with van der Waals surface area (Å²) in [5.74, 6) is -1.33. The first-order valence-electron chi connectivity index (χ1n) is 12.1. The van der Waals surface area contributed by atoms with E-state index >= 15 is 0 Å². The third kappa shape index (κ3) is 4.71. The number of phenols is 1. The molecule has 7 nitrogen and oxygen atoms in total. The summed E-state index contributed by atoms with van der Waals surface area (Å²) in [6.07, 6.45) is 2.01. The van der Waals surface area contributed by atoms with E-state index in [1.807, 2.05) is 30.3 Å². The number of carboxylic acids is 1. The van der Waals surface area contributed by atoms with Crippen LogP contribution in [0.25, 0.3) is 27.7 Å². The number of hydrogen-bond acceptors (Lipinski definition) is 5. The van der Waals surface area contributed by atoms with E-state index in [4.69, 9.17) is 11.6 Å². The highest BCUT2D eigenvalue weighted by atomic mass is 35.5. The number of halogens is 1. The molecular formula is C30H24ClN3O4. The van der Waals surface area contributed by atoms with Crippen LogP contribution in [0, 0.1) is 0 Å². The lowest BCUT2D eigenvalue weighted by Crippen LogP contribution is -1.95. The van der Waals surface area contributed by atoms with Crippen molar-refractivity contribution in [3.63, 3.8) is 0 Å². The number of azo groups is 1. The van der Waals surface area contributed by atoms with Gasteiger partial charge in [-0.15, -0.1) is 10.2 Å². The molecule has 0 saturated carbocycles. The molecule has 0 aliphatic carbocycles. The van der Waals surface area contributed by atoms with Gasteiger partial charge in [0.2, 0.25) is 5.88 Å². The number of carbonyl (C=O) groups is 1. The van der Waals surface area contributed by atoms with Crippen molar-refractivity contribution in [3.05, 3.63) is 101 Å². The first kappa shape index (κ1) is 25.0. The molecule has 38 heavy (non-hydrogen) atoms. The molecule has 5 aromatic rings. The first-order chi connectivity index (χ1) is 18.4. The minimum absolute atomic E-state index is 0.103. The number of carboxylic acid groups (broad SMARTS) is 1. The standard InChI is InChI=1S/C30H24ClN3O4/c1-2-5-18-10-13-22(14-11-18)34-26-15-12-21(31)17-24(26)27(29(34)36)33-32-25-9-4-8-23(28(25)35)19-6-3-7-20(16-19)30(37)38/h3-4,6-17,35-36H,2,5H2,1H3,(H,37,38). The van der Waals surface area contributed by atoms with Gasteiger partial charge in [-0.2, -0.15) is 0 Å². The highest BCUT2D eigenvalue weighted by Crippen LogP contribution is 2.44. The van der Waals surface area contributed by atoms with Gasteiger partial charge in [0.15, 0.2) is 11.4 Å². The van der Waals surface area contributed by atoms with Gasteiger partial charge in [-0.05, 0) is 66.1 Å². The van der Waals surface area contributed by atoms with Crippen molar-refractivity contribution in [3.8, 4) is 28.4 Å². The lowest BCUT2D eigenvalue weighted by molar-refractivity contribution is 0.0697. The van der Waals surface area contributed by atoms with Crippen LogP contribution in [0.5, 0.6) is 11.6 Å². The molecule has 3 N–H and O–H groups in total. The Morgan fingerprint density at radius 2 is 1.68 bits per heavy atom. The van der Waals surface area contributed by atoms with Crippen LogP contribution >= 0.6 is 11.6 Å². The second-order valence-corrected chi connectivity index (χ2v) is 9.28. The van der Waals surface area contributed by atoms with Crippen molar-refractivity contribution in [1.82, 2.24) is 4.57 Å². The molecule has 0 spiro atoms. The van der Waals surface area contributed by atoms with E-state index in [1.54, 1.807) is 47.0 Å². The van der Waals surface area contributed by atoms with Crippen molar-refractivity contribution in [2.24, 2.45) is 10.2 Å². The summed E-state index contributed by atoms with van der Waals surface area (Å²) in [5.41, 5.74) is 4.08. The van der Waals surface area contributed by atoms with Gasteiger partial charge < -0.3 is 15.3 Å². The lowest BCUT2D eigenvalue weighted by atomic mass is 10.0. The largest absolute Gasteiger partial charge is 0.505 e. The minimum Gasteiger partial charge on any atom is -0.505 e. The van der Waals surface area contributed by atoms with Crippen LogP contribution in [0.15, 0.2) is 95.2 Å². The molecule has 0 amide bonds. The Bertz CT molecular complexity index is 1690. The van der Waals surface area contributed by atoms with Crippen LogP contribution in [0.2, 0.25) is 5.02 Å². The van der Waals surface area contributed by atoms with Crippen LogP contribution in [0.3, 0.4) is 0 Å². The number of para-hydroxylation sites is 1. The quantitative estimate of drug-likeness (QED) is 0.185. The van der Waals surface area contributed by atoms with E-state index in [1.165, 1.54) is 17.7 Å². The van der Waals surface area contributed by atoms with Crippen LogP contribution in [0.1, 0.15) is 29.3 Å². The van der Waals surface area contributed by atoms with E-state index in [9.17, 15) is 20.1 Å². The summed E-state index contributed by atoms with van der Waals surface area (Å²) in [6.45, 7) is 2.13. The molecule has 0 bridgehead atoms. The number of benzene rings is 4. The summed E-state index contributed by atoms with van der Waals surface area (Å²) < 4.78 is 1.68. The van der Waals surface area contributed by atoms with Gasteiger partial charge in [0.1, 0.15) is 5.69 Å². The van der Waals surface area contributed by atoms with Gasteiger partial charge in [-0.1, -0.05) is 61.3 Å². The summed E-state index contributed by atoms with van der Waals surface area (Å²) in [7, 11) is 0. The molecular weight excluding hydrogens is 502 g/mol. The highest BCUT2D eigenvalue weighted by molar-refractivity contribution is 6.31. The molecule has 0 aliphatic rings.